The molecule has 6 nitrogen and oxygen atoms in total. The summed E-state index contributed by atoms with van der Waals surface area (Å²) < 4.78 is 16.4. The zero-order valence-electron chi connectivity index (χ0n) is 22.6. The number of rotatable bonds is 7. The molecule has 7 heteroatoms. The Hall–Kier alpha value is -2.77. The molecule has 0 spiro atoms. The first-order valence-electron chi connectivity index (χ1n) is 13.8. The van der Waals surface area contributed by atoms with E-state index >= 15 is 0 Å². The van der Waals surface area contributed by atoms with Gasteiger partial charge >= 0.3 is 0 Å². The number of aryl methyl sites for hydroxylation is 1. The topological polar surface area (TPSA) is 53.4 Å². The molecule has 0 saturated carbocycles. The summed E-state index contributed by atoms with van der Waals surface area (Å²) in [4.78, 5) is 22.1. The number of likely N-dealkylation sites (tertiary alicyclic amines) is 1. The van der Waals surface area contributed by atoms with E-state index in [-0.39, 0.29) is 11.9 Å². The second-order valence-corrected chi connectivity index (χ2v) is 11.4. The summed E-state index contributed by atoms with van der Waals surface area (Å²) in [6.07, 6.45) is 10.7. The van der Waals surface area contributed by atoms with Crippen molar-refractivity contribution >= 4 is 16.8 Å². The lowest BCUT2D eigenvalue weighted by Crippen LogP contribution is -2.38. The van der Waals surface area contributed by atoms with Crippen molar-refractivity contribution in [1.29, 1.82) is 0 Å². The van der Waals surface area contributed by atoms with Gasteiger partial charge in [-0.1, -0.05) is 0 Å². The van der Waals surface area contributed by atoms with Gasteiger partial charge in [-0.05, 0) is 114 Å². The molecule has 5 rings (SSSR count). The molecule has 2 aromatic heterocycles. The van der Waals surface area contributed by atoms with Crippen molar-refractivity contribution < 1.29 is 9.18 Å². The predicted octanol–water partition coefficient (Wildman–Crippen LogP) is 4.82. The third-order valence-corrected chi connectivity index (χ3v) is 8.42. The van der Waals surface area contributed by atoms with Crippen LogP contribution in [0, 0.1) is 24.6 Å². The summed E-state index contributed by atoms with van der Waals surface area (Å²) in [5, 5.41) is 4.69. The van der Waals surface area contributed by atoms with Crippen molar-refractivity contribution in [2.75, 3.05) is 39.8 Å². The standard InChI is InChI=1S/C30H40FN5O/c1-20(2)34(4)30(37)26-14-25(31)5-6-27(26)36-19-24(29-21(3)15-33-17-28(29)36)13-22-8-11-35(12-9-22)18-23-7-10-32-16-23/h5-6,14-15,17,19-20,22-23,32H,7-13,16,18H2,1-4H3/t23-/m0/s1. The van der Waals surface area contributed by atoms with E-state index in [2.05, 4.69) is 28.3 Å². The zero-order valence-corrected chi connectivity index (χ0v) is 22.6. The Bertz CT molecular complexity index is 1250. The number of piperidine rings is 1. The van der Waals surface area contributed by atoms with Crippen molar-refractivity contribution in [3.05, 3.63) is 59.3 Å². The number of nitrogens with one attached hydrogen (secondary N) is 1. The van der Waals surface area contributed by atoms with Gasteiger partial charge in [0, 0.05) is 37.4 Å². The number of halogens is 1. The van der Waals surface area contributed by atoms with Gasteiger partial charge in [-0.2, -0.15) is 0 Å². The maximum absolute atomic E-state index is 14.3. The molecule has 2 fully saturated rings. The minimum absolute atomic E-state index is 0.0142. The normalized spacial score (nSPS) is 19.2. The summed E-state index contributed by atoms with van der Waals surface area (Å²) in [5.74, 6) is 0.840. The minimum Gasteiger partial charge on any atom is -0.339 e. The molecule has 2 aliphatic rings. The molecule has 0 radical (unpaired) electrons. The van der Waals surface area contributed by atoms with Gasteiger partial charge in [-0.15, -0.1) is 0 Å². The lowest BCUT2D eigenvalue weighted by atomic mass is 9.89. The minimum atomic E-state index is -0.407. The third kappa shape index (κ3) is 5.43. The van der Waals surface area contributed by atoms with E-state index in [0.717, 1.165) is 36.5 Å². The van der Waals surface area contributed by atoms with Gasteiger partial charge in [0.05, 0.1) is 23.0 Å². The van der Waals surface area contributed by atoms with Gasteiger partial charge in [0.1, 0.15) is 5.82 Å². The number of aromatic nitrogens is 2. The largest absolute Gasteiger partial charge is 0.339 e. The van der Waals surface area contributed by atoms with Gasteiger partial charge in [0.25, 0.3) is 5.91 Å². The fourth-order valence-electron chi connectivity index (χ4n) is 6.03. The van der Waals surface area contributed by atoms with Crippen LogP contribution < -0.4 is 5.32 Å². The van der Waals surface area contributed by atoms with Crippen LogP contribution in [-0.2, 0) is 6.42 Å². The van der Waals surface area contributed by atoms with Crippen LogP contribution in [0.2, 0.25) is 0 Å². The highest BCUT2D eigenvalue weighted by Gasteiger charge is 2.26. The zero-order chi connectivity index (χ0) is 26.1. The summed E-state index contributed by atoms with van der Waals surface area (Å²) in [6, 6.07) is 4.53. The number of pyridine rings is 1. The quantitative estimate of drug-likeness (QED) is 0.500. The van der Waals surface area contributed by atoms with E-state index in [1.54, 1.807) is 18.0 Å². The van der Waals surface area contributed by atoms with Crippen LogP contribution in [0.5, 0.6) is 0 Å². The first kappa shape index (κ1) is 25.9. The van der Waals surface area contributed by atoms with Crippen LogP contribution in [0.1, 0.15) is 54.6 Å². The first-order chi connectivity index (χ1) is 17.8. The van der Waals surface area contributed by atoms with Crippen LogP contribution >= 0.6 is 0 Å². The molecule has 1 aromatic carbocycles. The Morgan fingerprint density at radius 2 is 1.97 bits per heavy atom. The predicted molar refractivity (Wildman–Crippen MR) is 147 cm³/mol. The van der Waals surface area contributed by atoms with Crippen molar-refractivity contribution in [3.63, 3.8) is 0 Å². The number of benzene rings is 1. The van der Waals surface area contributed by atoms with Gasteiger partial charge in [0.15, 0.2) is 0 Å². The number of nitrogens with zero attached hydrogens (tertiary/aromatic N) is 4. The van der Waals surface area contributed by atoms with E-state index in [0.29, 0.717) is 17.2 Å². The molecule has 4 heterocycles. The molecule has 1 N–H and O–H groups in total. The highest BCUT2D eigenvalue weighted by molar-refractivity contribution is 5.99. The molecule has 198 valence electrons. The SMILES string of the molecule is Cc1cncc2c1c(CC1CCN(C[C@H]3CCNC3)CC1)cn2-c1ccc(F)cc1C(=O)N(C)C(C)C. The molecule has 0 bridgehead atoms. The van der Waals surface area contributed by atoms with E-state index in [1.165, 1.54) is 62.0 Å². The Balaban J connectivity index is 1.43. The summed E-state index contributed by atoms with van der Waals surface area (Å²) in [6.45, 7) is 11.9. The van der Waals surface area contributed by atoms with E-state index < -0.39 is 5.82 Å². The molecule has 2 saturated heterocycles. The molecule has 37 heavy (non-hydrogen) atoms. The molecule has 0 aliphatic carbocycles. The maximum Gasteiger partial charge on any atom is 0.256 e. The van der Waals surface area contributed by atoms with Crippen molar-refractivity contribution in [3.8, 4) is 5.69 Å². The second kappa shape index (κ2) is 10.9. The monoisotopic (exact) mass is 505 g/mol. The smallest absolute Gasteiger partial charge is 0.256 e. The van der Waals surface area contributed by atoms with Crippen LogP contribution in [0.15, 0.2) is 36.8 Å². The van der Waals surface area contributed by atoms with Crippen LogP contribution in [0.25, 0.3) is 16.6 Å². The Labute approximate surface area is 219 Å². The maximum atomic E-state index is 14.3. The highest BCUT2D eigenvalue weighted by Crippen LogP contribution is 2.33. The Morgan fingerprint density at radius 1 is 1.19 bits per heavy atom. The lowest BCUT2D eigenvalue weighted by Gasteiger charge is -2.33. The first-order valence-corrected chi connectivity index (χ1v) is 13.8. The number of carbonyl (C=O) groups is 1. The van der Waals surface area contributed by atoms with Crippen molar-refractivity contribution in [2.45, 2.75) is 52.5 Å². The van der Waals surface area contributed by atoms with Gasteiger partial charge < -0.3 is 19.7 Å². The van der Waals surface area contributed by atoms with Gasteiger partial charge in [-0.3, -0.25) is 9.78 Å². The lowest BCUT2D eigenvalue weighted by molar-refractivity contribution is 0.0754. The average molecular weight is 506 g/mol. The number of fused-ring (bicyclic) bond motifs is 1. The summed E-state index contributed by atoms with van der Waals surface area (Å²) in [5.41, 5.74) is 4.45. The number of hydrogen-bond acceptors (Lipinski definition) is 4. The van der Waals surface area contributed by atoms with E-state index in [9.17, 15) is 9.18 Å². The summed E-state index contributed by atoms with van der Waals surface area (Å²) in [7, 11) is 1.77. The second-order valence-electron chi connectivity index (χ2n) is 11.4. The molecule has 0 unspecified atom stereocenters. The van der Waals surface area contributed by atoms with Crippen LogP contribution in [0.4, 0.5) is 4.39 Å². The summed E-state index contributed by atoms with van der Waals surface area (Å²) >= 11 is 0. The Morgan fingerprint density at radius 3 is 2.68 bits per heavy atom. The average Bonchev–Trinajstić information content (AvgIpc) is 3.53. The van der Waals surface area contributed by atoms with Gasteiger partial charge in [-0.25, -0.2) is 4.39 Å². The van der Waals surface area contributed by atoms with Crippen LogP contribution in [-0.4, -0.2) is 71.1 Å². The molecule has 1 amide bonds. The fourth-order valence-corrected chi connectivity index (χ4v) is 6.03. The Kier molecular flexibility index (Phi) is 7.63. The van der Waals surface area contributed by atoms with E-state index in [4.69, 9.17) is 0 Å². The molecule has 2 aliphatic heterocycles. The number of hydrogen-bond donors (Lipinski definition) is 1. The van der Waals surface area contributed by atoms with Crippen molar-refractivity contribution in [2.24, 2.45) is 11.8 Å². The molecular formula is C30H40FN5O. The number of carbonyl (C=O) groups excluding carboxylic acids is 1. The highest BCUT2D eigenvalue weighted by atomic mass is 19.1. The molecular weight excluding hydrogens is 465 g/mol. The van der Waals surface area contributed by atoms with Crippen molar-refractivity contribution in [1.82, 2.24) is 24.7 Å². The van der Waals surface area contributed by atoms with E-state index in [1.807, 2.05) is 30.8 Å². The van der Waals surface area contributed by atoms with Crippen LogP contribution in [0.3, 0.4) is 0 Å². The number of amides is 1. The fraction of sp³-hybridized carbons (Fsp3) is 0.533. The molecule has 1 atom stereocenters. The third-order valence-electron chi connectivity index (χ3n) is 8.42. The molecule has 3 aromatic rings. The van der Waals surface area contributed by atoms with Gasteiger partial charge in [0.2, 0.25) is 0 Å².